The fourth-order valence-corrected chi connectivity index (χ4v) is 1.66. The molecule has 5 nitrogen and oxygen atoms in total. The zero-order valence-corrected chi connectivity index (χ0v) is 7.10. The fourth-order valence-electron chi connectivity index (χ4n) is 1.16. The molecule has 12 heavy (non-hydrogen) atoms. The molecule has 1 aromatic heterocycles. The van der Waals surface area contributed by atoms with Crippen molar-refractivity contribution in [1.82, 2.24) is 20.2 Å². The van der Waals surface area contributed by atoms with Crippen LogP contribution in [-0.2, 0) is 0 Å². The standard InChI is InChI=1S/C6H8N4OS/c11-6-7-2-1-4(8-6)5-3-12-10-9-5/h3-4H,1-2H2,(H2,7,8,11). The summed E-state index contributed by atoms with van der Waals surface area (Å²) < 4.78 is 3.74. The van der Waals surface area contributed by atoms with E-state index in [2.05, 4.69) is 20.2 Å². The summed E-state index contributed by atoms with van der Waals surface area (Å²) in [5.74, 6) is 0. The van der Waals surface area contributed by atoms with Crippen LogP contribution >= 0.6 is 11.5 Å². The number of amides is 2. The zero-order valence-electron chi connectivity index (χ0n) is 6.28. The molecule has 1 fully saturated rings. The van der Waals surface area contributed by atoms with E-state index < -0.39 is 0 Å². The smallest absolute Gasteiger partial charge is 0.315 e. The van der Waals surface area contributed by atoms with E-state index in [0.717, 1.165) is 12.1 Å². The number of rotatable bonds is 1. The second-order valence-corrected chi connectivity index (χ2v) is 3.18. The number of hydrogen-bond acceptors (Lipinski definition) is 4. The molecule has 0 spiro atoms. The summed E-state index contributed by atoms with van der Waals surface area (Å²) in [5.41, 5.74) is 0.856. The molecule has 1 aromatic rings. The van der Waals surface area contributed by atoms with Crippen molar-refractivity contribution in [2.45, 2.75) is 12.5 Å². The predicted octanol–water partition coefficient (Wildman–Crippen LogP) is 0.282. The Morgan fingerprint density at radius 2 is 2.58 bits per heavy atom. The number of nitrogens with zero attached hydrogens (tertiary/aromatic N) is 2. The summed E-state index contributed by atoms with van der Waals surface area (Å²) in [6.07, 6.45) is 0.872. The van der Waals surface area contributed by atoms with E-state index in [0.29, 0.717) is 6.54 Å². The maximum absolute atomic E-state index is 10.9. The monoisotopic (exact) mass is 184 g/mol. The summed E-state index contributed by atoms with van der Waals surface area (Å²) in [6, 6.07) is -0.0863. The first-order valence-electron chi connectivity index (χ1n) is 3.67. The number of carbonyl (C=O) groups excluding carboxylic acids is 1. The Bertz CT molecular complexity index is 273. The van der Waals surface area contributed by atoms with Crippen LogP contribution < -0.4 is 10.6 Å². The lowest BCUT2D eigenvalue weighted by Crippen LogP contribution is -2.44. The normalized spacial score (nSPS) is 23.0. The highest BCUT2D eigenvalue weighted by molar-refractivity contribution is 7.03. The van der Waals surface area contributed by atoms with Crippen LogP contribution in [0.3, 0.4) is 0 Å². The molecule has 2 N–H and O–H groups in total. The van der Waals surface area contributed by atoms with Gasteiger partial charge in [0.25, 0.3) is 0 Å². The van der Waals surface area contributed by atoms with Gasteiger partial charge in [0.05, 0.1) is 11.7 Å². The minimum Gasteiger partial charge on any atom is -0.338 e. The van der Waals surface area contributed by atoms with Crippen LogP contribution in [-0.4, -0.2) is 22.2 Å². The summed E-state index contributed by atoms with van der Waals surface area (Å²) in [7, 11) is 0. The van der Waals surface area contributed by atoms with Gasteiger partial charge in [-0.2, -0.15) is 0 Å². The Kier molecular flexibility index (Phi) is 1.91. The van der Waals surface area contributed by atoms with Gasteiger partial charge in [-0.15, -0.1) is 5.10 Å². The van der Waals surface area contributed by atoms with Gasteiger partial charge < -0.3 is 10.6 Å². The van der Waals surface area contributed by atoms with Crippen LogP contribution in [0.5, 0.6) is 0 Å². The van der Waals surface area contributed by atoms with Crippen LogP contribution in [0.1, 0.15) is 18.2 Å². The lowest BCUT2D eigenvalue weighted by atomic mass is 10.1. The van der Waals surface area contributed by atoms with Crippen LogP contribution in [0.4, 0.5) is 4.79 Å². The molecule has 2 amide bonds. The maximum Gasteiger partial charge on any atom is 0.315 e. The van der Waals surface area contributed by atoms with Gasteiger partial charge in [0.15, 0.2) is 0 Å². The molecule has 0 saturated carbocycles. The molecule has 1 aliphatic heterocycles. The summed E-state index contributed by atoms with van der Waals surface area (Å²) >= 11 is 1.30. The molecule has 1 atom stereocenters. The van der Waals surface area contributed by atoms with Crippen molar-refractivity contribution in [2.24, 2.45) is 0 Å². The third-order valence-corrected chi connectivity index (χ3v) is 2.28. The maximum atomic E-state index is 10.9. The molecule has 1 saturated heterocycles. The summed E-state index contributed by atoms with van der Waals surface area (Å²) in [4.78, 5) is 10.9. The van der Waals surface area contributed by atoms with E-state index in [1.165, 1.54) is 11.5 Å². The molecule has 2 heterocycles. The summed E-state index contributed by atoms with van der Waals surface area (Å²) in [5, 5.41) is 11.2. The Morgan fingerprint density at radius 1 is 1.67 bits per heavy atom. The number of hydrogen-bond donors (Lipinski definition) is 2. The van der Waals surface area contributed by atoms with Gasteiger partial charge in [0.2, 0.25) is 0 Å². The van der Waals surface area contributed by atoms with Crippen molar-refractivity contribution in [3.63, 3.8) is 0 Å². The largest absolute Gasteiger partial charge is 0.338 e. The van der Waals surface area contributed by atoms with Crippen LogP contribution in [0.25, 0.3) is 0 Å². The molecule has 0 aromatic carbocycles. The minimum atomic E-state index is -0.126. The van der Waals surface area contributed by atoms with Gasteiger partial charge in [0.1, 0.15) is 0 Å². The van der Waals surface area contributed by atoms with E-state index in [1.807, 2.05) is 5.38 Å². The molecule has 6 heteroatoms. The highest BCUT2D eigenvalue weighted by Crippen LogP contribution is 2.16. The van der Waals surface area contributed by atoms with Gasteiger partial charge in [-0.25, -0.2) is 4.79 Å². The van der Waals surface area contributed by atoms with Gasteiger partial charge in [-0.1, -0.05) is 4.49 Å². The molecular weight excluding hydrogens is 176 g/mol. The molecule has 1 aliphatic rings. The number of carbonyl (C=O) groups is 1. The Labute approximate surface area is 73.3 Å². The van der Waals surface area contributed by atoms with Crippen molar-refractivity contribution in [3.05, 3.63) is 11.1 Å². The first kappa shape index (κ1) is 7.48. The average molecular weight is 184 g/mol. The van der Waals surface area contributed by atoms with Crippen molar-refractivity contribution in [2.75, 3.05) is 6.54 Å². The lowest BCUT2D eigenvalue weighted by Gasteiger charge is -2.21. The third-order valence-electron chi connectivity index (χ3n) is 1.76. The van der Waals surface area contributed by atoms with Gasteiger partial charge in [0, 0.05) is 11.9 Å². The van der Waals surface area contributed by atoms with E-state index in [9.17, 15) is 4.79 Å². The van der Waals surface area contributed by atoms with Crippen molar-refractivity contribution in [3.8, 4) is 0 Å². The number of aromatic nitrogens is 2. The molecule has 2 rings (SSSR count). The third kappa shape index (κ3) is 1.38. The average Bonchev–Trinajstić information content (AvgIpc) is 2.56. The van der Waals surface area contributed by atoms with E-state index in [1.54, 1.807) is 0 Å². The number of urea groups is 1. The van der Waals surface area contributed by atoms with Gasteiger partial charge in [-0.3, -0.25) is 0 Å². The quantitative estimate of drug-likeness (QED) is 0.659. The first-order chi connectivity index (χ1) is 5.86. The molecule has 0 aliphatic carbocycles. The van der Waals surface area contributed by atoms with Gasteiger partial charge >= 0.3 is 6.03 Å². The molecule has 0 radical (unpaired) electrons. The van der Waals surface area contributed by atoms with Crippen molar-refractivity contribution in [1.29, 1.82) is 0 Å². The van der Waals surface area contributed by atoms with E-state index >= 15 is 0 Å². The highest BCUT2D eigenvalue weighted by Gasteiger charge is 2.20. The van der Waals surface area contributed by atoms with Crippen LogP contribution in [0.2, 0.25) is 0 Å². The lowest BCUT2D eigenvalue weighted by molar-refractivity contribution is 0.228. The first-order valence-corrected chi connectivity index (χ1v) is 4.51. The van der Waals surface area contributed by atoms with Crippen LogP contribution in [0, 0.1) is 0 Å². The minimum absolute atomic E-state index is 0.0394. The van der Waals surface area contributed by atoms with E-state index in [-0.39, 0.29) is 12.1 Å². The fraction of sp³-hybridized carbons (Fsp3) is 0.500. The van der Waals surface area contributed by atoms with Gasteiger partial charge in [-0.05, 0) is 18.0 Å². The van der Waals surface area contributed by atoms with E-state index in [4.69, 9.17) is 0 Å². The molecule has 0 bridgehead atoms. The predicted molar refractivity (Wildman–Crippen MR) is 43.8 cm³/mol. The molecular formula is C6H8N4OS. The second kappa shape index (κ2) is 3.06. The topological polar surface area (TPSA) is 66.9 Å². The molecule has 1 unspecified atom stereocenters. The second-order valence-electron chi connectivity index (χ2n) is 2.57. The van der Waals surface area contributed by atoms with Crippen molar-refractivity contribution < 1.29 is 4.79 Å². The Hall–Kier alpha value is -1.17. The Morgan fingerprint density at radius 3 is 3.25 bits per heavy atom. The summed E-state index contributed by atoms with van der Waals surface area (Å²) in [6.45, 7) is 0.702. The number of nitrogens with one attached hydrogen (secondary N) is 2. The SMILES string of the molecule is O=C1NCCC(c2csnn2)N1. The molecule has 64 valence electrons. The Balaban J connectivity index is 2.09. The highest BCUT2D eigenvalue weighted by atomic mass is 32.1. The van der Waals surface area contributed by atoms with Crippen molar-refractivity contribution >= 4 is 17.6 Å². The van der Waals surface area contributed by atoms with Crippen LogP contribution in [0.15, 0.2) is 5.38 Å². The zero-order chi connectivity index (χ0) is 8.39.